The molecule has 2 rings (SSSR count). The van der Waals surface area contributed by atoms with Crippen LogP contribution in [0.3, 0.4) is 0 Å². The van der Waals surface area contributed by atoms with Crippen LogP contribution < -0.4 is 16.8 Å². The van der Waals surface area contributed by atoms with Crippen LogP contribution in [0.25, 0.3) is 11.1 Å². The van der Waals surface area contributed by atoms with Crippen LogP contribution >= 0.6 is 0 Å². The Morgan fingerprint density at radius 1 is 1.52 bits per heavy atom. The molecule has 0 aliphatic rings. The van der Waals surface area contributed by atoms with Gasteiger partial charge in [0.2, 0.25) is 0 Å². The van der Waals surface area contributed by atoms with Gasteiger partial charge in [0.05, 0.1) is 17.9 Å². The van der Waals surface area contributed by atoms with Crippen molar-refractivity contribution in [2.45, 2.75) is 6.54 Å². The molecule has 1 amide bonds. The molecule has 8 heteroatoms. The third-order valence-corrected chi connectivity index (χ3v) is 2.98. The summed E-state index contributed by atoms with van der Waals surface area (Å²) in [7, 11) is 1.80. The first-order valence-corrected chi connectivity index (χ1v) is 6.42. The van der Waals surface area contributed by atoms with E-state index in [1.165, 1.54) is 0 Å². The molecule has 0 saturated heterocycles. The van der Waals surface area contributed by atoms with Crippen molar-refractivity contribution in [1.29, 1.82) is 0 Å². The maximum atomic E-state index is 11.3. The lowest BCUT2D eigenvalue weighted by molar-refractivity contribution is 0.100. The summed E-state index contributed by atoms with van der Waals surface area (Å²) in [5, 5.41) is 16.2. The molecule has 8 nitrogen and oxygen atoms in total. The Bertz CT molecular complexity index is 652. The molecule has 2 aromatic heterocycles. The molecule has 21 heavy (non-hydrogen) atoms. The molecule has 0 unspecified atom stereocenters. The summed E-state index contributed by atoms with van der Waals surface area (Å²) in [6, 6.07) is 1.61. The van der Waals surface area contributed by atoms with Crippen molar-refractivity contribution in [3.05, 3.63) is 29.7 Å². The van der Waals surface area contributed by atoms with E-state index < -0.39 is 5.91 Å². The molecular formula is C13H18N6O2. The van der Waals surface area contributed by atoms with Crippen molar-refractivity contribution in [3.8, 4) is 11.1 Å². The summed E-state index contributed by atoms with van der Waals surface area (Å²) < 4.78 is 1.67. The van der Waals surface area contributed by atoms with E-state index in [2.05, 4.69) is 15.4 Å². The van der Waals surface area contributed by atoms with Gasteiger partial charge in [-0.15, -0.1) is 0 Å². The normalized spacial score (nSPS) is 10.8. The van der Waals surface area contributed by atoms with Crippen LogP contribution in [0.15, 0.2) is 18.5 Å². The topological polar surface area (TPSA) is 132 Å². The summed E-state index contributed by atoms with van der Waals surface area (Å²) in [5.74, 6) is -0.513. The van der Waals surface area contributed by atoms with Gasteiger partial charge in [0, 0.05) is 43.7 Å². The summed E-state index contributed by atoms with van der Waals surface area (Å²) in [5.41, 5.74) is 13.4. The molecule has 2 heterocycles. The van der Waals surface area contributed by atoms with Crippen LogP contribution in [-0.4, -0.2) is 38.9 Å². The number of aliphatic hydroxyl groups excluding tert-OH is 1. The van der Waals surface area contributed by atoms with Gasteiger partial charge < -0.3 is 21.9 Å². The molecule has 2 aromatic rings. The number of nitrogen functional groups attached to an aromatic ring is 1. The van der Waals surface area contributed by atoms with Crippen LogP contribution in [0.4, 0.5) is 5.82 Å². The highest BCUT2D eigenvalue weighted by molar-refractivity contribution is 5.98. The van der Waals surface area contributed by atoms with E-state index in [1.807, 2.05) is 6.20 Å². The quantitative estimate of drug-likeness (QED) is 0.517. The zero-order valence-electron chi connectivity index (χ0n) is 11.7. The number of nitrogens with one attached hydrogen (secondary N) is 1. The van der Waals surface area contributed by atoms with E-state index in [1.54, 1.807) is 24.0 Å². The number of aromatic nitrogens is 3. The smallest absolute Gasteiger partial charge is 0.252 e. The third kappa shape index (κ3) is 3.36. The van der Waals surface area contributed by atoms with Crippen LogP contribution in [0.5, 0.6) is 0 Å². The zero-order chi connectivity index (χ0) is 15.4. The highest BCUT2D eigenvalue weighted by Crippen LogP contribution is 2.24. The molecule has 0 aromatic carbocycles. The Morgan fingerprint density at radius 2 is 2.29 bits per heavy atom. The monoisotopic (exact) mass is 290 g/mol. The predicted octanol–water partition coefficient (Wildman–Crippen LogP) is -0.755. The Kier molecular flexibility index (Phi) is 4.51. The maximum Gasteiger partial charge on any atom is 0.252 e. The van der Waals surface area contributed by atoms with Gasteiger partial charge in [0.15, 0.2) is 0 Å². The van der Waals surface area contributed by atoms with Gasteiger partial charge >= 0.3 is 0 Å². The molecule has 0 saturated carbocycles. The first-order valence-electron chi connectivity index (χ1n) is 6.42. The Balaban J connectivity index is 2.37. The minimum Gasteiger partial charge on any atom is -0.395 e. The van der Waals surface area contributed by atoms with E-state index in [4.69, 9.17) is 16.6 Å². The van der Waals surface area contributed by atoms with Crippen molar-refractivity contribution < 1.29 is 9.90 Å². The van der Waals surface area contributed by atoms with Gasteiger partial charge in [-0.1, -0.05) is 0 Å². The highest BCUT2D eigenvalue weighted by Gasteiger charge is 2.14. The standard InChI is InChI=1S/C13H18N6O2/c1-19-7-10(11(18-19)6-16-2-3-20)8-4-9(13(15)21)12(14)17-5-8/h4-5,7,16,20H,2-3,6H2,1H3,(H2,14,17)(H2,15,21). The lowest BCUT2D eigenvalue weighted by atomic mass is 10.1. The third-order valence-electron chi connectivity index (χ3n) is 2.98. The van der Waals surface area contributed by atoms with Crippen LogP contribution in [-0.2, 0) is 13.6 Å². The minimum atomic E-state index is -0.620. The fourth-order valence-electron chi connectivity index (χ4n) is 2.01. The summed E-state index contributed by atoms with van der Waals surface area (Å²) in [6.45, 7) is 1.02. The highest BCUT2D eigenvalue weighted by atomic mass is 16.3. The Morgan fingerprint density at radius 3 is 2.95 bits per heavy atom. The van der Waals surface area contributed by atoms with Crippen LogP contribution in [0, 0.1) is 0 Å². The number of anilines is 1. The SMILES string of the molecule is Cn1cc(-c2cnc(N)c(C(N)=O)c2)c(CNCCO)n1. The molecule has 112 valence electrons. The second-order valence-electron chi connectivity index (χ2n) is 4.58. The van der Waals surface area contributed by atoms with E-state index in [9.17, 15) is 4.79 Å². The van der Waals surface area contributed by atoms with Crippen molar-refractivity contribution in [2.75, 3.05) is 18.9 Å². The molecule has 0 spiro atoms. The summed E-state index contributed by atoms with van der Waals surface area (Å²) in [6.07, 6.45) is 3.41. The second-order valence-corrected chi connectivity index (χ2v) is 4.58. The summed E-state index contributed by atoms with van der Waals surface area (Å²) in [4.78, 5) is 15.4. The van der Waals surface area contributed by atoms with E-state index in [0.717, 1.165) is 11.3 Å². The number of pyridine rings is 1. The van der Waals surface area contributed by atoms with Gasteiger partial charge in [-0.05, 0) is 6.07 Å². The fourth-order valence-corrected chi connectivity index (χ4v) is 2.01. The predicted molar refractivity (Wildman–Crippen MR) is 78.2 cm³/mol. The fraction of sp³-hybridized carbons (Fsp3) is 0.308. The lowest BCUT2D eigenvalue weighted by Crippen LogP contribution is -2.18. The van der Waals surface area contributed by atoms with Crippen LogP contribution in [0.1, 0.15) is 16.1 Å². The number of hydrogen-bond donors (Lipinski definition) is 4. The number of nitrogens with two attached hydrogens (primary N) is 2. The molecule has 6 N–H and O–H groups in total. The number of aryl methyl sites for hydroxylation is 1. The molecule has 0 radical (unpaired) electrons. The average Bonchev–Trinajstić information content (AvgIpc) is 2.80. The lowest BCUT2D eigenvalue weighted by Gasteiger charge is -2.06. The first kappa shape index (κ1) is 14.9. The zero-order valence-corrected chi connectivity index (χ0v) is 11.7. The number of rotatable bonds is 6. The van der Waals surface area contributed by atoms with Gasteiger partial charge in [0.25, 0.3) is 5.91 Å². The first-order chi connectivity index (χ1) is 10.0. The van der Waals surface area contributed by atoms with Crippen molar-refractivity contribution >= 4 is 11.7 Å². The van der Waals surface area contributed by atoms with E-state index >= 15 is 0 Å². The maximum absolute atomic E-state index is 11.3. The molecular weight excluding hydrogens is 272 g/mol. The number of primary amides is 1. The number of hydrogen-bond acceptors (Lipinski definition) is 6. The van der Waals surface area contributed by atoms with Gasteiger partial charge in [-0.3, -0.25) is 9.48 Å². The number of carbonyl (C=O) groups excluding carboxylic acids is 1. The largest absolute Gasteiger partial charge is 0.395 e. The Hall–Kier alpha value is -2.45. The van der Waals surface area contributed by atoms with Crippen LogP contribution in [0.2, 0.25) is 0 Å². The van der Waals surface area contributed by atoms with Crippen molar-refractivity contribution in [3.63, 3.8) is 0 Å². The molecule has 0 atom stereocenters. The Labute approximate surface area is 121 Å². The molecule has 0 aliphatic heterocycles. The van der Waals surface area contributed by atoms with Crippen molar-refractivity contribution in [2.24, 2.45) is 12.8 Å². The second kappa shape index (κ2) is 6.33. The number of carbonyl (C=O) groups is 1. The molecule has 0 bridgehead atoms. The number of aliphatic hydroxyl groups is 1. The summed E-state index contributed by atoms with van der Waals surface area (Å²) >= 11 is 0. The van der Waals surface area contributed by atoms with Crippen molar-refractivity contribution in [1.82, 2.24) is 20.1 Å². The van der Waals surface area contributed by atoms with Gasteiger partial charge in [0.1, 0.15) is 5.82 Å². The van der Waals surface area contributed by atoms with Gasteiger partial charge in [-0.25, -0.2) is 4.98 Å². The van der Waals surface area contributed by atoms with Gasteiger partial charge in [-0.2, -0.15) is 5.10 Å². The van der Waals surface area contributed by atoms with E-state index in [0.29, 0.717) is 18.7 Å². The average molecular weight is 290 g/mol. The number of nitrogens with zero attached hydrogens (tertiary/aromatic N) is 3. The molecule has 0 fully saturated rings. The van der Waals surface area contributed by atoms with E-state index in [-0.39, 0.29) is 18.0 Å². The number of amides is 1. The molecule has 0 aliphatic carbocycles. The minimum absolute atomic E-state index is 0.0530.